The molecule has 234 valence electrons. The molecule has 1 aromatic carbocycles. The van der Waals surface area contributed by atoms with Crippen molar-refractivity contribution in [3.8, 4) is 5.75 Å². The molecule has 3 aromatic rings. The summed E-state index contributed by atoms with van der Waals surface area (Å²) < 4.78 is 46.5. The van der Waals surface area contributed by atoms with E-state index in [1.165, 1.54) is 23.8 Å². The Kier molecular flexibility index (Phi) is 9.32. The summed E-state index contributed by atoms with van der Waals surface area (Å²) in [6, 6.07) is 10.1. The van der Waals surface area contributed by atoms with Crippen LogP contribution in [0, 0.1) is 0 Å². The van der Waals surface area contributed by atoms with Gasteiger partial charge < -0.3 is 29.9 Å². The average Bonchev–Trinajstić information content (AvgIpc) is 3.55. The van der Waals surface area contributed by atoms with Crippen molar-refractivity contribution in [2.75, 3.05) is 25.6 Å². The van der Waals surface area contributed by atoms with Crippen molar-refractivity contribution in [3.05, 3.63) is 54.5 Å². The Hall–Kier alpha value is -3.17. The van der Waals surface area contributed by atoms with Crippen LogP contribution < -0.4 is 20.6 Å². The minimum atomic E-state index is -4.22. The monoisotopic (exact) mass is 622 g/mol. The van der Waals surface area contributed by atoms with Crippen LogP contribution in [-0.2, 0) is 29.3 Å². The van der Waals surface area contributed by atoms with E-state index < -0.39 is 56.9 Å². The number of aliphatic hydroxyl groups is 2. The predicted molar refractivity (Wildman–Crippen MR) is 151 cm³/mol. The van der Waals surface area contributed by atoms with Crippen molar-refractivity contribution in [2.45, 2.75) is 68.5 Å². The highest BCUT2D eigenvalue weighted by atomic mass is 31.2. The van der Waals surface area contributed by atoms with E-state index in [0.717, 1.165) is 32.1 Å². The Labute approximate surface area is 247 Å². The number of fused-ring (bicyclic) bond motifs is 1. The maximum Gasteiger partial charge on any atom is 0.414 e. The summed E-state index contributed by atoms with van der Waals surface area (Å²) in [5.74, 6) is -0.286. The minimum absolute atomic E-state index is 0.0948. The van der Waals surface area contributed by atoms with Gasteiger partial charge in [-0.2, -0.15) is 5.10 Å². The number of hydrogen-bond donors (Lipinski definition) is 5. The standard InChI is InChI=1S/C27H36FN6O8P/c1-18(24(35)41-19-8-4-2-5-9-19)32-43(38,42-20-10-6-3-7-11-20)33-40-15-26(14-28)25(36)27(37,16-39-26)22-13-12-21-23(29)30-17-31-34(21)22/h3,6-7,10-13,17-19,25,36-37H,2,4-5,8-9,14-16H2,1H3,(H2,29,30,31)(H2,32,33,38)/t18-,25+,26+,27+,43?/m0/s1. The minimum Gasteiger partial charge on any atom is -0.461 e. The van der Waals surface area contributed by atoms with Crippen LogP contribution >= 0.6 is 7.67 Å². The molecule has 1 saturated heterocycles. The van der Waals surface area contributed by atoms with Gasteiger partial charge >= 0.3 is 13.6 Å². The predicted octanol–water partition coefficient (Wildman–Crippen LogP) is 2.16. The number of para-hydroxylation sites is 1. The molecule has 0 radical (unpaired) electrons. The van der Waals surface area contributed by atoms with Gasteiger partial charge in [0.25, 0.3) is 0 Å². The van der Waals surface area contributed by atoms with Crippen molar-refractivity contribution >= 4 is 25.0 Å². The van der Waals surface area contributed by atoms with Crippen LogP contribution in [0.25, 0.3) is 5.52 Å². The first-order valence-electron chi connectivity index (χ1n) is 14.0. The number of carbonyl (C=O) groups excluding carboxylic acids is 1. The van der Waals surface area contributed by atoms with Crippen molar-refractivity contribution in [3.63, 3.8) is 0 Å². The lowest BCUT2D eigenvalue weighted by atomic mass is 9.86. The molecule has 0 amide bonds. The fourth-order valence-corrected chi connectivity index (χ4v) is 6.72. The summed E-state index contributed by atoms with van der Waals surface area (Å²) in [6.45, 7) is -1.03. The highest BCUT2D eigenvalue weighted by Gasteiger charge is 2.60. The van der Waals surface area contributed by atoms with E-state index in [9.17, 15) is 24.0 Å². The molecule has 0 spiro atoms. The molecule has 5 atom stereocenters. The molecule has 43 heavy (non-hydrogen) atoms. The second-order valence-corrected chi connectivity index (χ2v) is 12.6. The normalized spacial score (nSPS) is 26.7. The number of esters is 1. The number of benzene rings is 1. The van der Waals surface area contributed by atoms with E-state index in [4.69, 9.17) is 24.6 Å². The molecule has 6 N–H and O–H groups in total. The van der Waals surface area contributed by atoms with E-state index in [-0.39, 0.29) is 23.4 Å². The Morgan fingerprint density at radius 1 is 1.26 bits per heavy atom. The second kappa shape index (κ2) is 12.8. The molecule has 3 heterocycles. The lowest BCUT2D eigenvalue weighted by molar-refractivity contribution is -0.152. The molecule has 0 bridgehead atoms. The van der Waals surface area contributed by atoms with Crippen molar-refractivity contribution in [1.82, 2.24) is 24.9 Å². The number of nitrogen functional groups attached to an aromatic ring is 1. The SMILES string of the molecule is C[C@H](NP(=O)(NOC[C@@]1(CF)OC[C@@](O)(c2ccc3c(N)ncnn23)[C@@H]1O)Oc1ccccc1)C(=O)OC1CCCCC1. The molecule has 2 aliphatic rings. The molecule has 1 saturated carbocycles. The van der Waals surface area contributed by atoms with Gasteiger partial charge in [0.05, 0.1) is 12.3 Å². The van der Waals surface area contributed by atoms with Gasteiger partial charge in [-0.3, -0.25) is 9.63 Å². The van der Waals surface area contributed by atoms with Crippen LogP contribution in [0.2, 0.25) is 0 Å². The van der Waals surface area contributed by atoms with Crippen LogP contribution in [0.5, 0.6) is 5.75 Å². The number of nitrogens with two attached hydrogens (primary N) is 1. The smallest absolute Gasteiger partial charge is 0.414 e. The third-order valence-corrected chi connectivity index (χ3v) is 9.28. The lowest BCUT2D eigenvalue weighted by Crippen LogP contribution is -2.53. The first kappa shape index (κ1) is 31.3. The molecule has 1 aliphatic heterocycles. The Bertz CT molecular complexity index is 1460. The third-order valence-electron chi connectivity index (χ3n) is 7.71. The van der Waals surface area contributed by atoms with E-state index >= 15 is 0 Å². The number of aliphatic hydroxyl groups excluding tert-OH is 1. The highest BCUT2D eigenvalue weighted by Crippen LogP contribution is 2.43. The molecule has 16 heteroatoms. The quantitative estimate of drug-likeness (QED) is 0.112. The van der Waals surface area contributed by atoms with Gasteiger partial charge in [-0.1, -0.05) is 24.6 Å². The third kappa shape index (κ3) is 6.53. The number of halogens is 1. The number of ether oxygens (including phenoxy) is 2. The van der Waals surface area contributed by atoms with Crippen LogP contribution in [0.4, 0.5) is 10.2 Å². The molecule has 1 aliphatic carbocycles. The zero-order valence-corrected chi connectivity index (χ0v) is 24.5. The van der Waals surface area contributed by atoms with Crippen molar-refractivity contribution in [1.29, 1.82) is 0 Å². The maximum atomic E-state index is 14.5. The highest BCUT2D eigenvalue weighted by molar-refractivity contribution is 7.55. The van der Waals surface area contributed by atoms with Gasteiger partial charge in [0.1, 0.15) is 49.1 Å². The summed E-state index contributed by atoms with van der Waals surface area (Å²) in [7, 11) is -4.22. The van der Waals surface area contributed by atoms with Gasteiger partial charge in [0.2, 0.25) is 0 Å². The number of carbonyl (C=O) groups is 1. The first-order chi connectivity index (χ1) is 20.6. The summed E-state index contributed by atoms with van der Waals surface area (Å²) >= 11 is 0. The fraction of sp³-hybridized carbons (Fsp3) is 0.519. The number of aromatic nitrogens is 3. The topological polar surface area (TPSA) is 192 Å². The second-order valence-electron chi connectivity index (χ2n) is 10.9. The number of anilines is 1. The Morgan fingerprint density at radius 3 is 2.72 bits per heavy atom. The van der Waals surface area contributed by atoms with Gasteiger partial charge in [-0.25, -0.2) is 23.5 Å². The molecule has 14 nitrogen and oxygen atoms in total. The summed E-state index contributed by atoms with van der Waals surface area (Å²) in [4.78, 5) is 22.1. The van der Waals surface area contributed by atoms with E-state index in [1.54, 1.807) is 36.4 Å². The van der Waals surface area contributed by atoms with Gasteiger partial charge in [-0.05, 0) is 56.9 Å². The molecule has 1 unspecified atom stereocenters. The molecular weight excluding hydrogens is 586 g/mol. The van der Waals surface area contributed by atoms with Crippen LogP contribution in [0.1, 0.15) is 44.7 Å². The van der Waals surface area contributed by atoms with Gasteiger partial charge in [-0.15, -0.1) is 5.25 Å². The zero-order valence-electron chi connectivity index (χ0n) is 23.6. The number of rotatable bonds is 12. The molecule has 2 aromatic heterocycles. The van der Waals surface area contributed by atoms with E-state index in [0.29, 0.717) is 5.52 Å². The van der Waals surface area contributed by atoms with Gasteiger partial charge in [0, 0.05) is 0 Å². The van der Waals surface area contributed by atoms with E-state index in [2.05, 4.69) is 20.4 Å². The fourth-order valence-electron chi connectivity index (χ4n) is 5.31. The molecule has 5 rings (SSSR count). The summed E-state index contributed by atoms with van der Waals surface area (Å²) in [5.41, 5.74) is 2.16. The van der Waals surface area contributed by atoms with Gasteiger partial charge in [0.15, 0.2) is 17.0 Å². The van der Waals surface area contributed by atoms with Crippen molar-refractivity contribution < 1.29 is 42.8 Å². The number of nitrogens with one attached hydrogen (secondary N) is 2. The summed E-state index contributed by atoms with van der Waals surface area (Å²) in [5, 5.41) is 31.6. The first-order valence-corrected chi connectivity index (χ1v) is 15.6. The number of hydrogen-bond acceptors (Lipinski definition) is 11. The van der Waals surface area contributed by atoms with Crippen LogP contribution in [-0.4, -0.2) is 74.5 Å². The average molecular weight is 623 g/mol. The van der Waals surface area contributed by atoms with Crippen LogP contribution in [0.3, 0.4) is 0 Å². The molecular formula is C27H36FN6O8P. The van der Waals surface area contributed by atoms with Crippen LogP contribution in [0.15, 0.2) is 48.8 Å². The van der Waals surface area contributed by atoms with Crippen molar-refractivity contribution in [2.24, 2.45) is 0 Å². The number of nitrogens with zero attached hydrogens (tertiary/aromatic N) is 3. The Morgan fingerprint density at radius 2 is 2.00 bits per heavy atom. The Balaban J connectivity index is 1.29. The maximum absolute atomic E-state index is 14.5. The summed E-state index contributed by atoms with van der Waals surface area (Å²) in [6.07, 6.45) is 3.65. The number of alkyl halides is 1. The zero-order chi connectivity index (χ0) is 30.7. The lowest BCUT2D eigenvalue weighted by Gasteiger charge is -2.33. The largest absolute Gasteiger partial charge is 0.461 e. The van der Waals surface area contributed by atoms with E-state index in [1.807, 2.05) is 0 Å². The molecule has 2 fully saturated rings.